The maximum atomic E-state index is 5.73. The maximum Gasteiger partial charge on any atom is 0.334 e. The van der Waals surface area contributed by atoms with Crippen molar-refractivity contribution in [1.82, 2.24) is 0 Å². The van der Waals surface area contributed by atoms with E-state index in [0.29, 0.717) is 0 Å². The van der Waals surface area contributed by atoms with E-state index in [1.54, 1.807) is 28.4 Å². The lowest BCUT2D eigenvalue weighted by atomic mass is 10.6. The zero-order valence-electron chi connectivity index (χ0n) is 18.8. The monoisotopic (exact) mass is 504 g/mol. The van der Waals surface area contributed by atoms with Crippen LogP contribution in [0.25, 0.3) is 0 Å². The third-order valence-corrected chi connectivity index (χ3v) is 16.4. The standard InChI is InChI=1S/C12H26O2Si2.C6H16Cl2O2Si2/c1-6-9-15(10-7-2)11-8-12-16(5,13-3)14-4;1-9-12(3,10-2)6-4-5-11(7)8/h6-7,15H,1-2,8-12H2,3-5H3;11H,4-6H2,1-3H3. The molecule has 0 aromatic carbocycles. The fourth-order valence-corrected chi connectivity index (χ4v) is 10.2. The third kappa shape index (κ3) is 16.6. The maximum absolute atomic E-state index is 5.73. The number of hydrogen-bond donors (Lipinski definition) is 0. The smallest absolute Gasteiger partial charge is 0.334 e. The Morgan fingerprint density at radius 1 is 0.750 bits per heavy atom. The van der Waals surface area contributed by atoms with Gasteiger partial charge in [0.15, 0.2) is 0 Å². The van der Waals surface area contributed by atoms with E-state index < -0.39 is 33.3 Å². The van der Waals surface area contributed by atoms with Crippen LogP contribution < -0.4 is 0 Å². The molecule has 0 aromatic rings. The van der Waals surface area contributed by atoms with Gasteiger partial charge in [0.25, 0.3) is 0 Å². The topological polar surface area (TPSA) is 36.9 Å². The van der Waals surface area contributed by atoms with E-state index in [0.717, 1.165) is 24.6 Å². The van der Waals surface area contributed by atoms with Crippen molar-refractivity contribution in [2.75, 3.05) is 28.4 Å². The number of rotatable bonds is 16. The number of hydrogen-bond acceptors (Lipinski definition) is 4. The molecular formula is C18H42Cl2O4Si4. The Bertz CT molecular complexity index is 386. The lowest BCUT2D eigenvalue weighted by Gasteiger charge is -2.23. The van der Waals surface area contributed by atoms with Gasteiger partial charge in [-0.05, 0) is 43.3 Å². The highest BCUT2D eigenvalue weighted by molar-refractivity contribution is 7.33. The van der Waals surface area contributed by atoms with E-state index in [4.69, 9.17) is 39.9 Å². The highest BCUT2D eigenvalue weighted by atomic mass is 35.7. The third-order valence-electron chi connectivity index (χ3n) is 5.02. The first kappa shape index (κ1) is 31.0. The second kappa shape index (κ2) is 18.5. The SMILES string of the molecule is C=CC[SiH](CC=C)CCC[Si](C)(OC)OC.CO[Si](C)(CCC[SiH](Cl)Cl)OC. The van der Waals surface area contributed by atoms with Crippen LogP contribution in [0.3, 0.4) is 0 Å². The Labute approximate surface area is 188 Å². The molecule has 0 spiro atoms. The number of halogens is 2. The molecule has 168 valence electrons. The van der Waals surface area contributed by atoms with Crippen molar-refractivity contribution in [1.29, 1.82) is 0 Å². The molecule has 0 fully saturated rings. The predicted molar refractivity (Wildman–Crippen MR) is 136 cm³/mol. The normalized spacial score (nSPS) is 12.1. The van der Waals surface area contributed by atoms with Crippen molar-refractivity contribution in [3.63, 3.8) is 0 Å². The van der Waals surface area contributed by atoms with E-state index >= 15 is 0 Å². The Balaban J connectivity index is 0. The van der Waals surface area contributed by atoms with Gasteiger partial charge in [-0.2, -0.15) is 22.2 Å². The van der Waals surface area contributed by atoms with Crippen LogP contribution in [0.4, 0.5) is 0 Å². The van der Waals surface area contributed by atoms with Crippen LogP contribution in [0, 0.1) is 0 Å². The van der Waals surface area contributed by atoms with Gasteiger partial charge in [0, 0.05) is 37.2 Å². The van der Waals surface area contributed by atoms with Gasteiger partial charge in [0.2, 0.25) is 7.42 Å². The van der Waals surface area contributed by atoms with Crippen molar-refractivity contribution in [2.24, 2.45) is 0 Å². The van der Waals surface area contributed by atoms with Crippen molar-refractivity contribution in [2.45, 2.75) is 62.2 Å². The van der Waals surface area contributed by atoms with Crippen LogP contribution in [0.5, 0.6) is 0 Å². The van der Waals surface area contributed by atoms with Crippen LogP contribution in [-0.4, -0.2) is 61.8 Å². The molecule has 0 bridgehead atoms. The van der Waals surface area contributed by atoms with Gasteiger partial charge in [-0.1, -0.05) is 31.0 Å². The first-order chi connectivity index (χ1) is 13.2. The summed E-state index contributed by atoms with van der Waals surface area (Å²) in [7, 11) is 1.13. The molecule has 0 aliphatic rings. The van der Waals surface area contributed by atoms with E-state index in [1.165, 1.54) is 24.6 Å². The van der Waals surface area contributed by atoms with Crippen molar-refractivity contribution in [3.05, 3.63) is 25.3 Å². The predicted octanol–water partition coefficient (Wildman–Crippen LogP) is 5.78. The molecule has 0 atom stereocenters. The van der Waals surface area contributed by atoms with Gasteiger partial charge in [0.05, 0.1) is 0 Å². The van der Waals surface area contributed by atoms with Crippen LogP contribution in [-0.2, 0) is 17.7 Å². The van der Waals surface area contributed by atoms with E-state index in [-0.39, 0.29) is 0 Å². The molecule has 0 unspecified atom stereocenters. The minimum Gasteiger partial charge on any atom is -0.398 e. The molecule has 10 heteroatoms. The van der Waals surface area contributed by atoms with Crippen LogP contribution in [0.1, 0.15) is 12.8 Å². The first-order valence-electron chi connectivity index (χ1n) is 9.86. The second-order valence-corrected chi connectivity index (χ2v) is 22.8. The van der Waals surface area contributed by atoms with Gasteiger partial charge in [0.1, 0.15) is 0 Å². The average molecular weight is 506 g/mol. The van der Waals surface area contributed by atoms with Gasteiger partial charge >= 0.3 is 17.1 Å². The highest BCUT2D eigenvalue weighted by Gasteiger charge is 2.28. The molecule has 0 aromatic heterocycles. The van der Waals surface area contributed by atoms with Crippen molar-refractivity contribution < 1.29 is 17.7 Å². The van der Waals surface area contributed by atoms with E-state index in [2.05, 4.69) is 31.9 Å². The van der Waals surface area contributed by atoms with Gasteiger partial charge in [-0.25, -0.2) is 0 Å². The molecule has 0 aliphatic carbocycles. The molecule has 4 nitrogen and oxygen atoms in total. The van der Waals surface area contributed by atoms with E-state index in [1.807, 2.05) is 6.55 Å². The molecule has 0 rings (SSSR count). The summed E-state index contributed by atoms with van der Waals surface area (Å²) >= 11 is 11.5. The van der Waals surface area contributed by atoms with Crippen molar-refractivity contribution in [3.8, 4) is 0 Å². The fraction of sp³-hybridized carbons (Fsp3) is 0.778. The van der Waals surface area contributed by atoms with Gasteiger partial charge < -0.3 is 17.7 Å². The molecule has 0 amide bonds. The first-order valence-corrected chi connectivity index (χ1v) is 21.7. The van der Waals surface area contributed by atoms with E-state index in [9.17, 15) is 0 Å². The Kier molecular flexibility index (Phi) is 20.5. The lowest BCUT2D eigenvalue weighted by molar-refractivity contribution is 0.248. The average Bonchev–Trinajstić information content (AvgIpc) is 2.68. The van der Waals surface area contributed by atoms with Crippen LogP contribution >= 0.6 is 22.2 Å². The molecule has 0 heterocycles. The summed E-state index contributed by atoms with van der Waals surface area (Å²) in [5.41, 5.74) is 0. The minimum atomic E-state index is -1.86. The Morgan fingerprint density at radius 2 is 1.11 bits per heavy atom. The quantitative estimate of drug-likeness (QED) is 0.151. The molecule has 0 N–H and O–H groups in total. The fourth-order valence-electron chi connectivity index (χ4n) is 2.67. The number of allylic oxidation sites excluding steroid dienone is 2. The zero-order valence-corrected chi connectivity index (χ0v) is 24.6. The molecule has 0 aliphatic heterocycles. The molecule has 0 saturated carbocycles. The van der Waals surface area contributed by atoms with Crippen LogP contribution in [0.15, 0.2) is 25.3 Å². The lowest BCUT2D eigenvalue weighted by Crippen LogP contribution is -2.36. The minimum absolute atomic E-state index is 0.670. The molecule has 0 saturated heterocycles. The van der Waals surface area contributed by atoms with Gasteiger partial charge in [-0.3, -0.25) is 0 Å². The zero-order chi connectivity index (χ0) is 22.1. The largest absolute Gasteiger partial charge is 0.398 e. The summed E-state index contributed by atoms with van der Waals surface area (Å²) in [4.78, 5) is 0. The summed E-state index contributed by atoms with van der Waals surface area (Å²) < 4.78 is 21.6. The summed E-state index contributed by atoms with van der Waals surface area (Å²) in [5.74, 6) is 0. The Hall–Kier alpha value is 0.768. The molecule has 0 radical (unpaired) electrons. The summed E-state index contributed by atoms with van der Waals surface area (Å²) in [5, 5.41) is 0. The summed E-state index contributed by atoms with van der Waals surface area (Å²) in [6.45, 7) is 11.8. The summed E-state index contributed by atoms with van der Waals surface area (Å²) in [6, 6.07) is 6.78. The molecular weight excluding hydrogens is 463 g/mol. The second-order valence-electron chi connectivity index (χ2n) is 7.17. The van der Waals surface area contributed by atoms with Crippen molar-refractivity contribution >= 4 is 55.5 Å². The molecule has 28 heavy (non-hydrogen) atoms. The Morgan fingerprint density at radius 3 is 1.39 bits per heavy atom. The van der Waals surface area contributed by atoms with Crippen LogP contribution in [0.2, 0.25) is 49.4 Å². The highest BCUT2D eigenvalue weighted by Crippen LogP contribution is 2.19. The summed E-state index contributed by atoms with van der Waals surface area (Å²) in [6.07, 6.45) is 6.37. The van der Waals surface area contributed by atoms with Gasteiger partial charge in [-0.15, -0.1) is 13.2 Å².